The molecule has 0 saturated carbocycles. The first-order valence-electron chi connectivity index (χ1n) is 8.83. The van der Waals surface area contributed by atoms with Crippen molar-refractivity contribution in [1.82, 2.24) is 0 Å². The third-order valence-electron chi connectivity index (χ3n) is 4.08. The second kappa shape index (κ2) is 8.95. The van der Waals surface area contributed by atoms with Crippen molar-refractivity contribution in [3.63, 3.8) is 0 Å². The van der Waals surface area contributed by atoms with E-state index in [0.29, 0.717) is 0 Å². The van der Waals surface area contributed by atoms with Gasteiger partial charge in [-0.1, -0.05) is 49.7 Å². The summed E-state index contributed by atoms with van der Waals surface area (Å²) >= 11 is 0. The summed E-state index contributed by atoms with van der Waals surface area (Å²) in [4.78, 5) is 0.107. The molecule has 7 nitrogen and oxygen atoms in total. The minimum atomic E-state index is -4.25. The second-order valence-corrected chi connectivity index (χ2v) is 12.8. The first kappa shape index (κ1) is 23.5. The van der Waals surface area contributed by atoms with E-state index in [9.17, 15) is 21.0 Å². The standard InChI is InChI=1S/C19H25NO6S3/c1-15(2)19(26-27(4,21)22)14-28(23,17-8-6-5-7-9-17)20-29(24,25)18-12-10-16(3)11-13-18/h5-13,15,19H,14H2,1-4H3/t19-,28?/m0/s1. The Bertz CT molecular complexity index is 1160. The predicted octanol–water partition coefficient (Wildman–Crippen LogP) is 3.21. The number of nitrogens with zero attached hydrogens (tertiary/aromatic N) is 1. The van der Waals surface area contributed by atoms with Crippen molar-refractivity contribution in [3.8, 4) is 0 Å². The van der Waals surface area contributed by atoms with Crippen molar-refractivity contribution in [1.29, 1.82) is 0 Å². The molecule has 0 aliphatic heterocycles. The Morgan fingerprint density at radius 2 is 1.41 bits per heavy atom. The van der Waals surface area contributed by atoms with E-state index in [4.69, 9.17) is 4.18 Å². The molecule has 2 aromatic rings. The maximum absolute atomic E-state index is 13.8. The van der Waals surface area contributed by atoms with E-state index >= 15 is 0 Å². The van der Waals surface area contributed by atoms with Crippen LogP contribution < -0.4 is 0 Å². The molecule has 0 saturated heterocycles. The third-order valence-corrected chi connectivity index (χ3v) is 9.08. The van der Waals surface area contributed by atoms with Crippen LogP contribution in [-0.4, -0.2) is 39.2 Å². The van der Waals surface area contributed by atoms with Gasteiger partial charge in [0.25, 0.3) is 20.1 Å². The van der Waals surface area contributed by atoms with Gasteiger partial charge in [-0.3, -0.25) is 4.18 Å². The minimum absolute atomic E-state index is 0.0862. The first-order chi connectivity index (χ1) is 13.3. The molecule has 29 heavy (non-hydrogen) atoms. The molecule has 2 atom stereocenters. The van der Waals surface area contributed by atoms with Crippen molar-refractivity contribution in [2.75, 3.05) is 12.0 Å². The maximum atomic E-state index is 13.8. The smallest absolute Gasteiger partial charge is 0.266 e. The van der Waals surface area contributed by atoms with Gasteiger partial charge in [0.1, 0.15) is 0 Å². The van der Waals surface area contributed by atoms with E-state index in [1.54, 1.807) is 44.2 Å². The van der Waals surface area contributed by atoms with Gasteiger partial charge in [-0.15, -0.1) is 3.77 Å². The van der Waals surface area contributed by atoms with Crippen LogP contribution in [0, 0.1) is 12.8 Å². The molecule has 0 amide bonds. The highest BCUT2D eigenvalue weighted by Gasteiger charge is 2.29. The summed E-state index contributed by atoms with van der Waals surface area (Å²) in [5, 5.41) is 0. The fraction of sp³-hybridized carbons (Fsp3) is 0.368. The Hall–Kier alpha value is -1.75. The van der Waals surface area contributed by atoms with Crippen LogP contribution >= 0.6 is 0 Å². The first-order valence-corrected chi connectivity index (χ1v) is 13.8. The van der Waals surface area contributed by atoms with Gasteiger partial charge >= 0.3 is 0 Å². The van der Waals surface area contributed by atoms with Crippen molar-refractivity contribution < 1.29 is 25.2 Å². The Morgan fingerprint density at radius 1 is 0.862 bits per heavy atom. The van der Waals surface area contributed by atoms with Crippen LogP contribution in [-0.2, 0) is 34.1 Å². The molecular weight excluding hydrogens is 434 g/mol. The van der Waals surface area contributed by atoms with Crippen molar-refractivity contribution in [2.45, 2.75) is 36.7 Å². The lowest BCUT2D eigenvalue weighted by Gasteiger charge is -2.22. The fourth-order valence-corrected chi connectivity index (χ4v) is 7.67. The van der Waals surface area contributed by atoms with Gasteiger partial charge in [0.2, 0.25) is 0 Å². The monoisotopic (exact) mass is 459 g/mol. The lowest BCUT2D eigenvalue weighted by molar-refractivity contribution is 0.183. The maximum Gasteiger partial charge on any atom is 0.290 e. The van der Waals surface area contributed by atoms with Gasteiger partial charge in [0.05, 0.1) is 32.7 Å². The normalized spacial score (nSPS) is 15.6. The van der Waals surface area contributed by atoms with Crippen LogP contribution in [0.25, 0.3) is 0 Å². The van der Waals surface area contributed by atoms with E-state index in [2.05, 4.69) is 3.77 Å². The van der Waals surface area contributed by atoms with Crippen LogP contribution in [0.15, 0.2) is 68.2 Å². The quantitative estimate of drug-likeness (QED) is 0.561. The number of aryl methyl sites for hydroxylation is 1. The molecule has 0 radical (unpaired) electrons. The Morgan fingerprint density at radius 3 is 1.90 bits per heavy atom. The van der Waals surface area contributed by atoms with Crippen LogP contribution in [0.3, 0.4) is 0 Å². The number of sulfonamides is 1. The molecule has 0 aromatic heterocycles. The van der Waals surface area contributed by atoms with Gasteiger partial charge in [0.15, 0.2) is 0 Å². The van der Waals surface area contributed by atoms with Crippen LogP contribution in [0.4, 0.5) is 0 Å². The van der Waals surface area contributed by atoms with E-state index in [0.717, 1.165) is 11.8 Å². The topological polar surface area (TPSA) is 107 Å². The highest BCUT2D eigenvalue weighted by Crippen LogP contribution is 2.24. The molecular formula is C19H25NO6S3. The molecule has 160 valence electrons. The highest BCUT2D eigenvalue weighted by atomic mass is 32.3. The Labute approximate surface area is 173 Å². The summed E-state index contributed by atoms with van der Waals surface area (Å²) in [7, 11) is -11.6. The summed E-state index contributed by atoms with van der Waals surface area (Å²) < 4.78 is 71.7. The second-order valence-electron chi connectivity index (χ2n) is 7.07. The van der Waals surface area contributed by atoms with Crippen molar-refractivity contribution in [3.05, 3.63) is 60.2 Å². The van der Waals surface area contributed by atoms with Gasteiger partial charge in [-0.2, -0.15) is 16.8 Å². The predicted molar refractivity (Wildman–Crippen MR) is 113 cm³/mol. The summed E-state index contributed by atoms with van der Waals surface area (Å²) in [5.41, 5.74) is 0.870. The third kappa shape index (κ3) is 6.63. The number of benzene rings is 2. The molecule has 10 heteroatoms. The molecule has 0 fully saturated rings. The molecule has 0 spiro atoms. The molecule has 1 unspecified atom stereocenters. The largest absolute Gasteiger partial charge is 0.290 e. The summed E-state index contributed by atoms with van der Waals surface area (Å²) in [6.45, 7) is 5.22. The van der Waals surface area contributed by atoms with Gasteiger partial charge in [-0.25, -0.2) is 4.21 Å². The number of rotatable bonds is 8. The molecule has 0 aliphatic rings. The van der Waals surface area contributed by atoms with Gasteiger partial charge in [0, 0.05) is 4.90 Å². The van der Waals surface area contributed by atoms with Crippen molar-refractivity contribution >= 4 is 29.9 Å². The molecule has 0 bridgehead atoms. The summed E-state index contributed by atoms with van der Waals surface area (Å²) in [5.74, 6) is -0.723. The lowest BCUT2D eigenvalue weighted by Crippen LogP contribution is -2.31. The molecule has 2 aromatic carbocycles. The zero-order valence-electron chi connectivity index (χ0n) is 16.7. The minimum Gasteiger partial charge on any atom is -0.266 e. The zero-order valence-corrected chi connectivity index (χ0v) is 19.1. The average Bonchev–Trinajstić information content (AvgIpc) is 2.60. The van der Waals surface area contributed by atoms with E-state index in [1.165, 1.54) is 24.3 Å². The zero-order chi connectivity index (χ0) is 21.9. The van der Waals surface area contributed by atoms with E-state index < -0.39 is 36.0 Å². The fourth-order valence-electron chi connectivity index (χ4n) is 2.49. The van der Waals surface area contributed by atoms with E-state index in [-0.39, 0.29) is 21.5 Å². The van der Waals surface area contributed by atoms with Gasteiger partial charge in [-0.05, 0) is 37.1 Å². The van der Waals surface area contributed by atoms with Crippen LogP contribution in [0.5, 0.6) is 0 Å². The molecule has 0 N–H and O–H groups in total. The van der Waals surface area contributed by atoms with Crippen LogP contribution in [0.1, 0.15) is 19.4 Å². The van der Waals surface area contributed by atoms with Crippen molar-refractivity contribution in [2.24, 2.45) is 9.69 Å². The van der Waals surface area contributed by atoms with E-state index in [1.807, 2.05) is 6.92 Å². The summed E-state index contributed by atoms with van der Waals surface area (Å²) in [6, 6.07) is 14.0. The number of hydrogen-bond donors (Lipinski definition) is 0. The average molecular weight is 460 g/mol. The SMILES string of the molecule is Cc1ccc(S(=O)(=O)N=S(=O)(C[C@H](OS(C)(=O)=O)C(C)C)c2ccccc2)cc1. The summed E-state index contributed by atoms with van der Waals surface area (Å²) in [6.07, 6.45) is -0.109. The highest BCUT2D eigenvalue weighted by molar-refractivity contribution is 8.03. The number of hydrogen-bond acceptors (Lipinski definition) is 6. The lowest BCUT2D eigenvalue weighted by atomic mass is 10.1. The Balaban J connectivity index is 2.64. The van der Waals surface area contributed by atoms with Crippen LogP contribution in [0.2, 0.25) is 0 Å². The Kier molecular flexibility index (Phi) is 7.26. The molecule has 2 rings (SSSR count). The molecule has 0 aliphatic carbocycles. The van der Waals surface area contributed by atoms with Gasteiger partial charge < -0.3 is 0 Å². The molecule has 0 heterocycles.